The highest BCUT2D eigenvalue weighted by Gasteiger charge is 2.10. The highest BCUT2D eigenvalue weighted by Crippen LogP contribution is 2.28. The van der Waals surface area contributed by atoms with Crippen molar-refractivity contribution < 1.29 is 5.11 Å². The zero-order valence-corrected chi connectivity index (χ0v) is 8.46. The summed E-state index contributed by atoms with van der Waals surface area (Å²) in [5.74, 6) is 0.712. The van der Waals surface area contributed by atoms with Gasteiger partial charge in [0.2, 0.25) is 0 Å². The van der Waals surface area contributed by atoms with Crippen LogP contribution < -0.4 is 5.73 Å². The number of benzene rings is 1. The minimum atomic E-state index is 0.312. The molecule has 3 N–H and O–H groups in total. The van der Waals surface area contributed by atoms with Gasteiger partial charge in [0, 0.05) is 0 Å². The van der Waals surface area contributed by atoms with Crippen molar-refractivity contribution >= 4 is 0 Å². The highest BCUT2D eigenvalue weighted by molar-refractivity contribution is 5.45. The number of hydrogen-bond donors (Lipinski definition) is 2. The Morgan fingerprint density at radius 1 is 1.38 bits per heavy atom. The number of aromatic hydroxyl groups is 1. The minimum Gasteiger partial charge on any atom is -0.507 e. The summed E-state index contributed by atoms with van der Waals surface area (Å²) in [6, 6.07) is 3.98. The SMILES string of the molecule is Cc1ccc(C(C)CN)c(C)c1O. The molecule has 0 aliphatic rings. The third kappa shape index (κ3) is 1.83. The molecule has 1 aromatic carbocycles. The summed E-state index contributed by atoms with van der Waals surface area (Å²) in [6.07, 6.45) is 0. The molecule has 0 saturated heterocycles. The molecule has 0 spiro atoms. The molecule has 1 unspecified atom stereocenters. The Labute approximate surface area is 79.4 Å². The molecule has 1 rings (SSSR count). The number of nitrogens with two attached hydrogens (primary N) is 1. The summed E-state index contributed by atoms with van der Waals surface area (Å²) >= 11 is 0. The lowest BCUT2D eigenvalue weighted by molar-refractivity contribution is 0.465. The Morgan fingerprint density at radius 2 is 2.00 bits per heavy atom. The van der Waals surface area contributed by atoms with Crippen molar-refractivity contribution in [2.45, 2.75) is 26.7 Å². The smallest absolute Gasteiger partial charge is 0.121 e. The van der Waals surface area contributed by atoms with Gasteiger partial charge in [-0.25, -0.2) is 0 Å². The van der Waals surface area contributed by atoms with Gasteiger partial charge in [-0.1, -0.05) is 19.1 Å². The van der Waals surface area contributed by atoms with Crippen LogP contribution in [-0.2, 0) is 0 Å². The monoisotopic (exact) mass is 179 g/mol. The van der Waals surface area contributed by atoms with Crippen molar-refractivity contribution in [3.63, 3.8) is 0 Å². The van der Waals surface area contributed by atoms with Crippen LogP contribution in [0, 0.1) is 13.8 Å². The second kappa shape index (κ2) is 3.79. The van der Waals surface area contributed by atoms with Gasteiger partial charge in [-0.3, -0.25) is 0 Å². The van der Waals surface area contributed by atoms with E-state index in [1.54, 1.807) is 0 Å². The summed E-state index contributed by atoms with van der Waals surface area (Å²) in [5, 5.41) is 9.69. The van der Waals surface area contributed by atoms with E-state index >= 15 is 0 Å². The van der Waals surface area contributed by atoms with Crippen LogP contribution in [0.1, 0.15) is 29.5 Å². The van der Waals surface area contributed by atoms with Gasteiger partial charge in [-0.05, 0) is 43.0 Å². The van der Waals surface area contributed by atoms with E-state index in [-0.39, 0.29) is 0 Å². The summed E-state index contributed by atoms with van der Waals surface area (Å²) in [5.41, 5.74) is 8.60. The fourth-order valence-electron chi connectivity index (χ4n) is 1.51. The normalized spacial score (nSPS) is 12.9. The molecule has 2 nitrogen and oxygen atoms in total. The maximum atomic E-state index is 9.69. The van der Waals surface area contributed by atoms with Gasteiger partial charge < -0.3 is 10.8 Å². The van der Waals surface area contributed by atoms with Gasteiger partial charge in [0.15, 0.2) is 0 Å². The molecule has 0 heterocycles. The predicted octanol–water partition coefficient (Wildman–Crippen LogP) is 2.07. The standard InChI is InChI=1S/C11H17NO/c1-7-4-5-10(8(2)6-12)9(3)11(7)13/h4-5,8,13H,6,12H2,1-3H3. The summed E-state index contributed by atoms with van der Waals surface area (Å²) in [4.78, 5) is 0. The van der Waals surface area contributed by atoms with Crippen LogP contribution >= 0.6 is 0 Å². The van der Waals surface area contributed by atoms with Crippen LogP contribution in [0.3, 0.4) is 0 Å². The lowest BCUT2D eigenvalue weighted by Gasteiger charge is -2.14. The molecule has 0 bridgehead atoms. The van der Waals surface area contributed by atoms with E-state index in [4.69, 9.17) is 5.73 Å². The van der Waals surface area contributed by atoms with Gasteiger partial charge in [-0.15, -0.1) is 0 Å². The molecule has 0 amide bonds. The average Bonchev–Trinajstić information content (AvgIpc) is 2.13. The Hall–Kier alpha value is -1.02. The molecule has 0 saturated carbocycles. The van der Waals surface area contributed by atoms with Crippen LogP contribution in [0.25, 0.3) is 0 Å². The number of aryl methyl sites for hydroxylation is 1. The highest BCUT2D eigenvalue weighted by atomic mass is 16.3. The molecule has 0 aliphatic heterocycles. The first kappa shape index (κ1) is 10.1. The number of phenolic OH excluding ortho intramolecular Hbond substituents is 1. The Bertz CT molecular complexity index is 307. The van der Waals surface area contributed by atoms with Crippen LogP contribution in [0.4, 0.5) is 0 Å². The molecule has 1 atom stereocenters. The number of phenols is 1. The Balaban J connectivity index is 3.18. The summed E-state index contributed by atoms with van der Waals surface area (Å²) in [7, 11) is 0. The maximum absolute atomic E-state index is 9.69. The van der Waals surface area contributed by atoms with Gasteiger partial charge in [0.1, 0.15) is 5.75 Å². The zero-order valence-electron chi connectivity index (χ0n) is 8.46. The van der Waals surface area contributed by atoms with E-state index in [2.05, 4.69) is 6.92 Å². The van der Waals surface area contributed by atoms with Crippen LogP contribution in [0.5, 0.6) is 5.75 Å². The van der Waals surface area contributed by atoms with Crippen LogP contribution in [-0.4, -0.2) is 11.7 Å². The molecule has 72 valence electrons. The molecular formula is C11H17NO. The van der Waals surface area contributed by atoms with E-state index in [1.807, 2.05) is 26.0 Å². The van der Waals surface area contributed by atoms with E-state index in [0.29, 0.717) is 18.2 Å². The van der Waals surface area contributed by atoms with Crippen molar-refractivity contribution in [1.29, 1.82) is 0 Å². The molecule has 1 aromatic rings. The fraction of sp³-hybridized carbons (Fsp3) is 0.455. The molecular weight excluding hydrogens is 162 g/mol. The molecule has 0 aliphatic carbocycles. The van der Waals surface area contributed by atoms with E-state index < -0.39 is 0 Å². The summed E-state index contributed by atoms with van der Waals surface area (Å²) in [6.45, 7) is 6.52. The lowest BCUT2D eigenvalue weighted by Crippen LogP contribution is -2.10. The molecule has 0 fully saturated rings. The van der Waals surface area contributed by atoms with Crippen molar-refractivity contribution in [2.24, 2.45) is 5.73 Å². The second-order valence-electron chi connectivity index (χ2n) is 3.58. The zero-order chi connectivity index (χ0) is 10.0. The molecule has 2 heteroatoms. The molecule has 0 radical (unpaired) electrons. The van der Waals surface area contributed by atoms with Gasteiger partial charge in [0.05, 0.1) is 0 Å². The van der Waals surface area contributed by atoms with Crippen molar-refractivity contribution in [1.82, 2.24) is 0 Å². The lowest BCUT2D eigenvalue weighted by atomic mass is 9.94. The van der Waals surface area contributed by atoms with Gasteiger partial charge >= 0.3 is 0 Å². The van der Waals surface area contributed by atoms with Crippen molar-refractivity contribution in [3.8, 4) is 5.75 Å². The average molecular weight is 179 g/mol. The predicted molar refractivity (Wildman–Crippen MR) is 55.1 cm³/mol. The van der Waals surface area contributed by atoms with Crippen molar-refractivity contribution in [2.75, 3.05) is 6.54 Å². The number of hydrogen-bond acceptors (Lipinski definition) is 2. The van der Waals surface area contributed by atoms with Crippen LogP contribution in [0.2, 0.25) is 0 Å². The number of rotatable bonds is 2. The minimum absolute atomic E-state index is 0.312. The largest absolute Gasteiger partial charge is 0.507 e. The Kier molecular flexibility index (Phi) is 2.94. The van der Waals surface area contributed by atoms with E-state index in [0.717, 1.165) is 16.7 Å². The first-order chi connectivity index (χ1) is 6.07. The topological polar surface area (TPSA) is 46.2 Å². The maximum Gasteiger partial charge on any atom is 0.121 e. The third-order valence-electron chi connectivity index (χ3n) is 2.56. The van der Waals surface area contributed by atoms with Gasteiger partial charge in [-0.2, -0.15) is 0 Å². The fourth-order valence-corrected chi connectivity index (χ4v) is 1.51. The van der Waals surface area contributed by atoms with Crippen LogP contribution in [0.15, 0.2) is 12.1 Å². The first-order valence-corrected chi connectivity index (χ1v) is 4.57. The summed E-state index contributed by atoms with van der Waals surface area (Å²) < 4.78 is 0. The quantitative estimate of drug-likeness (QED) is 0.730. The second-order valence-corrected chi connectivity index (χ2v) is 3.58. The van der Waals surface area contributed by atoms with Crippen molar-refractivity contribution in [3.05, 3.63) is 28.8 Å². The first-order valence-electron chi connectivity index (χ1n) is 4.57. The van der Waals surface area contributed by atoms with Gasteiger partial charge in [0.25, 0.3) is 0 Å². The molecule has 13 heavy (non-hydrogen) atoms. The Morgan fingerprint density at radius 3 is 2.54 bits per heavy atom. The molecule has 0 aromatic heterocycles. The van der Waals surface area contributed by atoms with E-state index in [1.165, 1.54) is 0 Å². The third-order valence-corrected chi connectivity index (χ3v) is 2.56. The van der Waals surface area contributed by atoms with E-state index in [9.17, 15) is 5.11 Å².